The molecule has 2 aromatic rings. The predicted octanol–water partition coefficient (Wildman–Crippen LogP) is 2.14. The topological polar surface area (TPSA) is 143 Å². The number of nitrogens with zero attached hydrogens (tertiary/aromatic N) is 3. The summed E-state index contributed by atoms with van der Waals surface area (Å²) >= 11 is 0. The Kier molecular flexibility index (Phi) is 7.52. The van der Waals surface area contributed by atoms with Crippen LogP contribution in [0.3, 0.4) is 0 Å². The van der Waals surface area contributed by atoms with Crippen molar-refractivity contribution in [3.63, 3.8) is 0 Å². The average molecular weight is 511 g/mol. The lowest BCUT2D eigenvalue weighted by molar-refractivity contribution is -0.139. The number of benzene rings is 2. The molecule has 0 saturated carbocycles. The molecule has 0 aromatic heterocycles. The van der Waals surface area contributed by atoms with Gasteiger partial charge in [0.1, 0.15) is 11.5 Å². The second-order valence-corrected chi connectivity index (χ2v) is 10.2. The van der Waals surface area contributed by atoms with Crippen LogP contribution in [-0.4, -0.2) is 53.0 Å². The molecular formula is C25H26N4O6S. The van der Waals surface area contributed by atoms with Crippen LogP contribution in [0.2, 0.25) is 0 Å². The number of methoxy groups -OCH3 is 2. The summed E-state index contributed by atoms with van der Waals surface area (Å²) in [6.07, 6.45) is 0. The Morgan fingerprint density at radius 2 is 1.67 bits per heavy atom. The van der Waals surface area contributed by atoms with Gasteiger partial charge in [-0.25, -0.2) is 22.3 Å². The van der Waals surface area contributed by atoms with E-state index in [1.165, 1.54) is 26.2 Å². The van der Waals surface area contributed by atoms with Crippen molar-refractivity contribution in [3.05, 3.63) is 82.3 Å². The highest BCUT2D eigenvalue weighted by atomic mass is 32.2. The molecule has 1 unspecified atom stereocenters. The van der Waals surface area contributed by atoms with E-state index in [0.29, 0.717) is 11.1 Å². The van der Waals surface area contributed by atoms with E-state index in [1.54, 1.807) is 43.3 Å². The van der Waals surface area contributed by atoms with Crippen LogP contribution in [0.15, 0.2) is 76.1 Å². The van der Waals surface area contributed by atoms with Crippen molar-refractivity contribution in [3.8, 4) is 6.07 Å². The van der Waals surface area contributed by atoms with Gasteiger partial charge in [-0.15, -0.1) is 0 Å². The summed E-state index contributed by atoms with van der Waals surface area (Å²) in [6, 6.07) is 15.0. The molecule has 188 valence electrons. The number of allylic oxidation sites excluding steroid dienone is 1. The van der Waals surface area contributed by atoms with Gasteiger partial charge >= 0.3 is 11.9 Å². The number of anilines is 1. The standard InChI is InChI=1S/C25H26N4O6S/c1-15-11-12-17(13-19(15)36(32,33)28(2)3)29-22(25(31)35-5)21(24(30)34-4)20(18(14-26)23(29)27)16-9-7-6-8-10-16/h6-13,20H,27H2,1-5H3. The zero-order chi connectivity index (χ0) is 26.8. The number of carbonyl (C=O) groups excluding carboxylic acids is 2. The molecule has 0 spiro atoms. The summed E-state index contributed by atoms with van der Waals surface area (Å²) in [5.41, 5.74) is 7.11. The Morgan fingerprint density at radius 1 is 1.06 bits per heavy atom. The van der Waals surface area contributed by atoms with Gasteiger partial charge in [-0.1, -0.05) is 36.4 Å². The molecule has 1 aliphatic heterocycles. The minimum absolute atomic E-state index is 0.0214. The molecule has 0 aliphatic carbocycles. The van der Waals surface area contributed by atoms with Gasteiger partial charge in [-0.2, -0.15) is 5.26 Å². The lowest BCUT2D eigenvalue weighted by Crippen LogP contribution is -2.40. The molecule has 0 radical (unpaired) electrons. The zero-order valence-corrected chi connectivity index (χ0v) is 21.3. The Labute approximate surface area is 209 Å². The van der Waals surface area contributed by atoms with E-state index < -0.39 is 27.9 Å². The molecule has 0 saturated heterocycles. The Morgan fingerprint density at radius 3 is 2.19 bits per heavy atom. The predicted molar refractivity (Wildman–Crippen MR) is 132 cm³/mol. The van der Waals surface area contributed by atoms with Gasteiger partial charge in [0.2, 0.25) is 10.0 Å². The molecule has 10 nitrogen and oxygen atoms in total. The number of aryl methyl sites for hydroxylation is 1. The van der Waals surface area contributed by atoms with Crippen LogP contribution >= 0.6 is 0 Å². The highest BCUT2D eigenvalue weighted by Gasteiger charge is 2.43. The lowest BCUT2D eigenvalue weighted by atomic mass is 9.81. The minimum atomic E-state index is -3.88. The third-order valence-corrected chi connectivity index (χ3v) is 7.76. The molecule has 1 atom stereocenters. The molecule has 1 aliphatic rings. The highest BCUT2D eigenvalue weighted by Crippen LogP contribution is 2.43. The summed E-state index contributed by atoms with van der Waals surface area (Å²) in [4.78, 5) is 27.4. The SMILES string of the molecule is COC(=O)C1=C(C(=O)OC)N(c2ccc(C)c(S(=O)(=O)N(C)C)c2)C(N)=C(C#N)C1c1ccccc1. The second kappa shape index (κ2) is 10.2. The number of sulfonamides is 1. The van der Waals surface area contributed by atoms with Crippen LogP contribution in [0, 0.1) is 18.3 Å². The van der Waals surface area contributed by atoms with Gasteiger partial charge in [0, 0.05) is 19.8 Å². The maximum Gasteiger partial charge on any atom is 0.355 e. The lowest BCUT2D eigenvalue weighted by Gasteiger charge is -2.36. The summed E-state index contributed by atoms with van der Waals surface area (Å²) in [5, 5.41) is 10.1. The number of esters is 2. The van der Waals surface area contributed by atoms with E-state index in [2.05, 4.69) is 6.07 Å². The quantitative estimate of drug-likeness (QED) is 0.578. The van der Waals surface area contributed by atoms with Crippen molar-refractivity contribution in [2.45, 2.75) is 17.7 Å². The fraction of sp³-hybridized carbons (Fsp3) is 0.240. The number of rotatable bonds is 6. The third-order valence-electron chi connectivity index (χ3n) is 5.80. The van der Waals surface area contributed by atoms with Gasteiger partial charge in [0.15, 0.2) is 0 Å². The molecule has 1 heterocycles. The minimum Gasteiger partial charge on any atom is -0.466 e. The Hall–Kier alpha value is -4.14. The fourth-order valence-corrected chi connectivity index (χ4v) is 5.12. The van der Waals surface area contributed by atoms with Crippen molar-refractivity contribution in [1.82, 2.24) is 4.31 Å². The first kappa shape index (κ1) is 26.5. The molecule has 0 fully saturated rings. The number of hydrogen-bond donors (Lipinski definition) is 1. The van der Waals surface area contributed by atoms with E-state index in [1.807, 2.05) is 0 Å². The largest absolute Gasteiger partial charge is 0.466 e. The van der Waals surface area contributed by atoms with Crippen molar-refractivity contribution in [1.29, 1.82) is 5.26 Å². The number of carbonyl (C=O) groups is 2. The van der Waals surface area contributed by atoms with Crippen molar-refractivity contribution in [2.75, 3.05) is 33.2 Å². The van der Waals surface area contributed by atoms with Gasteiger partial charge in [-0.3, -0.25) is 4.90 Å². The number of nitriles is 1. The molecule has 3 rings (SSSR count). The molecule has 2 N–H and O–H groups in total. The van der Waals surface area contributed by atoms with E-state index >= 15 is 0 Å². The first-order valence-corrected chi connectivity index (χ1v) is 12.1. The van der Waals surface area contributed by atoms with Crippen LogP contribution in [-0.2, 0) is 29.1 Å². The molecule has 36 heavy (non-hydrogen) atoms. The van der Waals surface area contributed by atoms with E-state index in [9.17, 15) is 23.3 Å². The first-order chi connectivity index (χ1) is 17.0. The van der Waals surface area contributed by atoms with Crippen LogP contribution in [0.25, 0.3) is 0 Å². The summed E-state index contributed by atoms with van der Waals surface area (Å²) in [5.74, 6) is -2.97. The summed E-state index contributed by atoms with van der Waals surface area (Å²) in [6.45, 7) is 1.62. The van der Waals surface area contributed by atoms with E-state index in [0.717, 1.165) is 23.4 Å². The first-order valence-electron chi connectivity index (χ1n) is 10.7. The molecule has 11 heteroatoms. The fourth-order valence-electron chi connectivity index (χ4n) is 3.98. The smallest absolute Gasteiger partial charge is 0.355 e. The number of nitrogens with two attached hydrogens (primary N) is 1. The highest BCUT2D eigenvalue weighted by molar-refractivity contribution is 7.89. The molecule has 0 bridgehead atoms. The summed E-state index contributed by atoms with van der Waals surface area (Å²) < 4.78 is 36.9. The number of hydrogen-bond acceptors (Lipinski definition) is 9. The maximum absolute atomic E-state index is 13.1. The van der Waals surface area contributed by atoms with Crippen molar-refractivity contribution < 1.29 is 27.5 Å². The Bertz CT molecular complexity index is 1420. The normalized spacial score (nSPS) is 16.1. The van der Waals surface area contributed by atoms with Crippen LogP contribution in [0.1, 0.15) is 17.0 Å². The van der Waals surface area contributed by atoms with Crippen molar-refractivity contribution >= 4 is 27.6 Å². The van der Waals surface area contributed by atoms with Crippen LogP contribution in [0.5, 0.6) is 0 Å². The van der Waals surface area contributed by atoms with Crippen molar-refractivity contribution in [2.24, 2.45) is 5.73 Å². The van der Waals surface area contributed by atoms with E-state index in [-0.39, 0.29) is 33.2 Å². The maximum atomic E-state index is 13.1. The monoisotopic (exact) mass is 510 g/mol. The van der Waals surface area contributed by atoms with Gasteiger partial charge in [-0.05, 0) is 30.2 Å². The zero-order valence-electron chi connectivity index (χ0n) is 20.5. The average Bonchev–Trinajstić information content (AvgIpc) is 2.87. The van der Waals surface area contributed by atoms with Gasteiger partial charge in [0.25, 0.3) is 0 Å². The molecular weight excluding hydrogens is 484 g/mol. The Balaban J connectivity index is 2.44. The molecule has 0 amide bonds. The van der Waals surface area contributed by atoms with Crippen LogP contribution < -0.4 is 10.6 Å². The van der Waals surface area contributed by atoms with Gasteiger partial charge < -0.3 is 15.2 Å². The third kappa shape index (κ3) is 4.44. The van der Waals surface area contributed by atoms with Gasteiger partial charge in [0.05, 0.1) is 42.2 Å². The van der Waals surface area contributed by atoms with E-state index in [4.69, 9.17) is 15.2 Å². The molecule has 2 aromatic carbocycles. The second-order valence-electron chi connectivity index (χ2n) is 8.07. The number of ether oxygens (including phenoxy) is 2. The summed E-state index contributed by atoms with van der Waals surface area (Å²) in [7, 11) is 1.20. The van der Waals surface area contributed by atoms with Crippen LogP contribution in [0.4, 0.5) is 5.69 Å².